The lowest BCUT2D eigenvalue weighted by molar-refractivity contribution is -0.140. The third-order valence-electron chi connectivity index (χ3n) is 6.96. The van der Waals surface area contributed by atoms with E-state index >= 15 is 0 Å². The van der Waals surface area contributed by atoms with Crippen molar-refractivity contribution in [2.75, 3.05) is 10.8 Å². The number of hydrogen-bond donors (Lipinski definition) is 1. The molecule has 12 heteroatoms. The summed E-state index contributed by atoms with van der Waals surface area (Å²) in [6.45, 7) is 4.47. The highest BCUT2D eigenvalue weighted by molar-refractivity contribution is 7.92. The van der Waals surface area contributed by atoms with Gasteiger partial charge in [0.05, 0.1) is 15.6 Å². The van der Waals surface area contributed by atoms with Crippen LogP contribution in [0.3, 0.4) is 0 Å². The van der Waals surface area contributed by atoms with Crippen LogP contribution in [-0.2, 0) is 32.6 Å². The second-order valence-corrected chi connectivity index (χ2v) is 14.7. The number of carbonyl (C=O) groups excluding carboxylic acids is 2. The molecule has 0 aliphatic carbocycles. The molecule has 0 heterocycles. The van der Waals surface area contributed by atoms with Gasteiger partial charge in [-0.1, -0.05) is 89.4 Å². The van der Waals surface area contributed by atoms with Crippen molar-refractivity contribution >= 4 is 62.3 Å². The zero-order chi connectivity index (χ0) is 33.6. The Labute approximate surface area is 283 Å². The summed E-state index contributed by atoms with van der Waals surface area (Å²) in [7, 11) is -4.38. The van der Waals surface area contributed by atoms with E-state index in [-0.39, 0.29) is 38.6 Å². The highest BCUT2D eigenvalue weighted by Crippen LogP contribution is 2.30. The van der Waals surface area contributed by atoms with E-state index in [2.05, 4.69) is 5.32 Å². The minimum absolute atomic E-state index is 0.0434. The lowest BCUT2D eigenvalue weighted by Gasteiger charge is -2.35. The molecule has 0 spiro atoms. The van der Waals surface area contributed by atoms with E-state index in [1.807, 2.05) is 51.1 Å². The van der Waals surface area contributed by atoms with E-state index in [0.29, 0.717) is 5.56 Å². The van der Waals surface area contributed by atoms with Gasteiger partial charge in [0.2, 0.25) is 11.8 Å². The van der Waals surface area contributed by atoms with Crippen molar-refractivity contribution in [2.24, 2.45) is 0 Å². The molecule has 0 saturated heterocycles. The average molecular weight is 705 g/mol. The van der Waals surface area contributed by atoms with Crippen molar-refractivity contribution in [3.05, 3.63) is 129 Å². The van der Waals surface area contributed by atoms with Crippen LogP contribution in [0.2, 0.25) is 15.1 Å². The normalized spacial score (nSPS) is 12.3. The van der Waals surface area contributed by atoms with Crippen molar-refractivity contribution in [1.82, 2.24) is 10.2 Å². The molecule has 0 aliphatic heterocycles. The van der Waals surface area contributed by atoms with E-state index in [0.717, 1.165) is 22.0 Å². The Hall–Kier alpha value is -3.63. The summed E-state index contributed by atoms with van der Waals surface area (Å²) in [5.74, 6) is -1.96. The van der Waals surface area contributed by atoms with Crippen molar-refractivity contribution in [2.45, 2.75) is 50.2 Å². The molecule has 0 bridgehead atoms. The maximum absolute atomic E-state index is 14.5. The van der Waals surface area contributed by atoms with Crippen molar-refractivity contribution in [3.63, 3.8) is 0 Å². The van der Waals surface area contributed by atoms with Crippen molar-refractivity contribution in [3.8, 4) is 0 Å². The van der Waals surface area contributed by atoms with Gasteiger partial charge >= 0.3 is 0 Å². The fourth-order valence-electron chi connectivity index (χ4n) is 4.75. The number of benzene rings is 4. The second-order valence-electron chi connectivity index (χ2n) is 11.6. The first-order valence-electron chi connectivity index (χ1n) is 14.3. The van der Waals surface area contributed by atoms with Gasteiger partial charge in [-0.05, 0) is 68.8 Å². The summed E-state index contributed by atoms with van der Waals surface area (Å²) in [4.78, 5) is 29.7. The Bertz CT molecular complexity index is 1780. The lowest BCUT2D eigenvalue weighted by atomic mass is 10.0. The van der Waals surface area contributed by atoms with Crippen LogP contribution in [-0.4, -0.2) is 43.3 Å². The molecule has 1 N–H and O–H groups in total. The number of carbonyl (C=O) groups is 2. The molecular formula is C34H33Cl3FN3O4S. The topological polar surface area (TPSA) is 86.8 Å². The van der Waals surface area contributed by atoms with E-state index in [9.17, 15) is 22.4 Å². The Morgan fingerprint density at radius 1 is 0.826 bits per heavy atom. The number of hydrogen-bond acceptors (Lipinski definition) is 4. The fraction of sp³-hybridized carbons (Fsp3) is 0.235. The second kappa shape index (κ2) is 14.9. The van der Waals surface area contributed by atoms with Gasteiger partial charge in [-0.25, -0.2) is 12.8 Å². The van der Waals surface area contributed by atoms with Crippen LogP contribution in [0.5, 0.6) is 0 Å². The number of amides is 2. The van der Waals surface area contributed by atoms with Gasteiger partial charge in [-0.15, -0.1) is 0 Å². The van der Waals surface area contributed by atoms with E-state index in [1.54, 1.807) is 36.4 Å². The van der Waals surface area contributed by atoms with E-state index < -0.39 is 45.8 Å². The average Bonchev–Trinajstić information content (AvgIpc) is 3.00. The Morgan fingerprint density at radius 2 is 1.41 bits per heavy atom. The molecule has 4 aromatic carbocycles. The predicted molar refractivity (Wildman–Crippen MR) is 181 cm³/mol. The number of anilines is 1. The molecule has 7 nitrogen and oxygen atoms in total. The van der Waals surface area contributed by atoms with Crippen LogP contribution in [0.25, 0.3) is 0 Å². The third kappa shape index (κ3) is 8.79. The van der Waals surface area contributed by atoms with Crippen molar-refractivity contribution < 1.29 is 22.4 Å². The quantitative estimate of drug-likeness (QED) is 0.175. The summed E-state index contributed by atoms with van der Waals surface area (Å²) < 4.78 is 43.1. The molecule has 0 fully saturated rings. The molecule has 0 aromatic heterocycles. The van der Waals surface area contributed by atoms with Gasteiger partial charge in [-0.2, -0.15) is 0 Å². The molecular weight excluding hydrogens is 672 g/mol. The lowest BCUT2D eigenvalue weighted by Crippen LogP contribution is -2.56. The Balaban J connectivity index is 1.86. The van der Waals surface area contributed by atoms with Gasteiger partial charge < -0.3 is 10.2 Å². The van der Waals surface area contributed by atoms with Crippen molar-refractivity contribution in [1.29, 1.82) is 0 Å². The Morgan fingerprint density at radius 3 is 1.98 bits per heavy atom. The first kappa shape index (κ1) is 35.2. The summed E-state index contributed by atoms with van der Waals surface area (Å²) in [6.07, 6.45) is 0.102. The molecule has 4 aromatic rings. The monoisotopic (exact) mass is 703 g/mol. The van der Waals surface area contributed by atoms with Gasteiger partial charge in [0, 0.05) is 34.1 Å². The first-order valence-corrected chi connectivity index (χ1v) is 16.9. The number of nitrogens with zero attached hydrogens (tertiary/aromatic N) is 2. The first-order chi connectivity index (χ1) is 21.7. The smallest absolute Gasteiger partial charge is 0.264 e. The molecule has 0 saturated carbocycles. The maximum Gasteiger partial charge on any atom is 0.264 e. The summed E-state index contributed by atoms with van der Waals surface area (Å²) >= 11 is 19.1. The molecule has 1 atom stereocenters. The van der Waals surface area contributed by atoms with Crippen LogP contribution < -0.4 is 9.62 Å². The van der Waals surface area contributed by atoms with Gasteiger partial charge in [0.25, 0.3) is 10.0 Å². The molecule has 4 rings (SSSR count). The maximum atomic E-state index is 14.5. The van der Waals surface area contributed by atoms with Crippen LogP contribution in [0.1, 0.15) is 31.9 Å². The summed E-state index contributed by atoms with van der Waals surface area (Å²) in [6, 6.07) is 23.8. The molecule has 46 heavy (non-hydrogen) atoms. The molecule has 2 amide bonds. The van der Waals surface area contributed by atoms with Crippen LogP contribution >= 0.6 is 34.8 Å². The molecule has 0 unspecified atom stereocenters. The molecule has 242 valence electrons. The Kier molecular flexibility index (Phi) is 11.4. The largest absolute Gasteiger partial charge is 0.350 e. The zero-order valence-electron chi connectivity index (χ0n) is 25.4. The number of rotatable bonds is 11. The van der Waals surface area contributed by atoms with Gasteiger partial charge in [0.15, 0.2) is 0 Å². The number of halogens is 4. The van der Waals surface area contributed by atoms with Crippen LogP contribution in [0.4, 0.5) is 10.1 Å². The molecule has 0 aliphatic rings. The molecule has 0 radical (unpaired) electrons. The van der Waals surface area contributed by atoms with Crippen LogP contribution in [0.15, 0.2) is 102 Å². The predicted octanol–water partition coefficient (Wildman–Crippen LogP) is 7.54. The fourth-order valence-corrected chi connectivity index (χ4v) is 6.87. The standard InChI is InChI=1S/C34H33Cl3FN3O4S/c1-34(2,3)39-33(43)31(19-23-11-6-4-7-12-23)40(21-26-27(35)15-10-16-28(26)36)32(42)22-41(24-17-18-30(38)29(37)20-24)46(44,45)25-13-8-5-9-14-25/h4-18,20,31H,19,21-22H2,1-3H3,(H,39,43)/t31-/m1/s1. The zero-order valence-corrected chi connectivity index (χ0v) is 28.5. The SMILES string of the molecule is CC(C)(C)NC(=O)[C@@H](Cc1ccccc1)N(Cc1c(Cl)cccc1Cl)C(=O)CN(c1ccc(F)c(Cl)c1)S(=O)(=O)c1ccccc1. The summed E-state index contributed by atoms with van der Waals surface area (Å²) in [5.41, 5.74) is 0.441. The minimum atomic E-state index is -4.38. The highest BCUT2D eigenvalue weighted by atomic mass is 35.5. The number of nitrogens with one attached hydrogen (secondary N) is 1. The van der Waals surface area contributed by atoms with Crippen LogP contribution in [0, 0.1) is 5.82 Å². The number of sulfonamides is 1. The van der Waals surface area contributed by atoms with Gasteiger partial charge in [0.1, 0.15) is 18.4 Å². The van der Waals surface area contributed by atoms with Gasteiger partial charge in [-0.3, -0.25) is 13.9 Å². The summed E-state index contributed by atoms with van der Waals surface area (Å²) in [5, 5.41) is 3.15. The van der Waals surface area contributed by atoms with E-state index in [4.69, 9.17) is 34.8 Å². The minimum Gasteiger partial charge on any atom is -0.350 e. The highest BCUT2D eigenvalue weighted by Gasteiger charge is 2.36. The van der Waals surface area contributed by atoms with E-state index in [1.165, 1.54) is 23.1 Å². The third-order valence-corrected chi connectivity index (χ3v) is 9.75.